The van der Waals surface area contributed by atoms with E-state index in [0.717, 1.165) is 37.3 Å². The van der Waals surface area contributed by atoms with Crippen molar-refractivity contribution in [2.24, 2.45) is 0 Å². The second-order valence-electron chi connectivity index (χ2n) is 8.81. The summed E-state index contributed by atoms with van der Waals surface area (Å²) >= 11 is 6.72. The van der Waals surface area contributed by atoms with Crippen molar-refractivity contribution in [3.05, 3.63) is 69.2 Å². The van der Waals surface area contributed by atoms with Gasteiger partial charge in [0.25, 0.3) is 11.1 Å². The van der Waals surface area contributed by atoms with Crippen LogP contribution < -0.4 is 0 Å². The van der Waals surface area contributed by atoms with Gasteiger partial charge in [0.05, 0.1) is 34.8 Å². The van der Waals surface area contributed by atoms with Gasteiger partial charge in [0, 0.05) is 23.5 Å². The lowest BCUT2D eigenvalue weighted by Gasteiger charge is -2.21. The van der Waals surface area contributed by atoms with E-state index in [1.807, 2.05) is 0 Å². The Kier molecular flexibility index (Phi) is 6.61. The SMILES string of the molecule is CCN1CC[C@H](N2C(=O)SC(=Cc3ccc4c(cnn4Cc4ccc(Cl)cc4C(F)(F)F)c3)C2=O)C1. The predicted molar refractivity (Wildman–Crippen MR) is 134 cm³/mol. The van der Waals surface area contributed by atoms with E-state index < -0.39 is 11.7 Å². The Morgan fingerprint density at radius 1 is 1.19 bits per heavy atom. The highest BCUT2D eigenvalue weighted by atomic mass is 35.5. The number of fused-ring (bicyclic) bond motifs is 1. The fraction of sp³-hybridized carbons (Fsp3) is 0.320. The Labute approximate surface area is 214 Å². The van der Waals surface area contributed by atoms with Crippen LogP contribution in [0.15, 0.2) is 47.5 Å². The minimum absolute atomic E-state index is 0.0149. The molecule has 2 saturated heterocycles. The van der Waals surface area contributed by atoms with Crippen LogP contribution in [0.25, 0.3) is 17.0 Å². The van der Waals surface area contributed by atoms with Crippen molar-refractivity contribution in [1.82, 2.24) is 19.6 Å². The molecule has 3 aromatic rings. The number of hydrogen-bond donors (Lipinski definition) is 0. The molecular weight excluding hydrogens is 513 g/mol. The number of carbonyl (C=O) groups is 2. The Hall–Kier alpha value is -2.82. The van der Waals surface area contributed by atoms with Gasteiger partial charge < -0.3 is 4.90 Å². The quantitative estimate of drug-likeness (QED) is 0.382. The molecule has 1 aromatic heterocycles. The van der Waals surface area contributed by atoms with Crippen LogP contribution in [0, 0.1) is 0 Å². The van der Waals surface area contributed by atoms with E-state index in [-0.39, 0.29) is 34.3 Å². The van der Waals surface area contributed by atoms with Crippen molar-refractivity contribution in [1.29, 1.82) is 0 Å². The van der Waals surface area contributed by atoms with Crippen LogP contribution in [0.5, 0.6) is 0 Å². The molecule has 0 radical (unpaired) electrons. The van der Waals surface area contributed by atoms with E-state index in [1.165, 1.54) is 21.7 Å². The average Bonchev–Trinajstić information content (AvgIpc) is 3.52. The first-order valence-electron chi connectivity index (χ1n) is 11.4. The van der Waals surface area contributed by atoms with Crippen molar-refractivity contribution >= 4 is 51.5 Å². The van der Waals surface area contributed by atoms with Crippen LogP contribution in [0.1, 0.15) is 30.0 Å². The number of halogens is 4. The molecule has 1 atom stereocenters. The third-order valence-corrected chi connectivity index (χ3v) is 7.66. The lowest BCUT2D eigenvalue weighted by Crippen LogP contribution is -2.40. The molecule has 2 aliphatic rings. The number of alkyl halides is 3. The van der Waals surface area contributed by atoms with Gasteiger partial charge in [-0.05, 0) is 66.2 Å². The number of imide groups is 1. The maximum Gasteiger partial charge on any atom is 0.416 e. The monoisotopic (exact) mass is 534 g/mol. The lowest BCUT2D eigenvalue weighted by molar-refractivity contribution is -0.138. The highest BCUT2D eigenvalue weighted by molar-refractivity contribution is 8.18. The molecule has 0 spiro atoms. The molecule has 0 aliphatic carbocycles. The van der Waals surface area contributed by atoms with Crippen molar-refractivity contribution in [2.75, 3.05) is 19.6 Å². The number of rotatable bonds is 5. The molecule has 36 heavy (non-hydrogen) atoms. The fourth-order valence-electron chi connectivity index (χ4n) is 4.69. The second-order valence-corrected chi connectivity index (χ2v) is 10.2. The summed E-state index contributed by atoms with van der Waals surface area (Å²) < 4.78 is 42.0. The van der Waals surface area contributed by atoms with Gasteiger partial charge in [0.15, 0.2) is 0 Å². The molecule has 3 heterocycles. The Bertz CT molecular complexity index is 1390. The first-order chi connectivity index (χ1) is 17.1. The van der Waals surface area contributed by atoms with Crippen molar-refractivity contribution in [3.63, 3.8) is 0 Å². The van der Waals surface area contributed by atoms with Gasteiger partial charge in [-0.3, -0.25) is 19.2 Å². The molecule has 188 valence electrons. The van der Waals surface area contributed by atoms with Gasteiger partial charge in [-0.15, -0.1) is 0 Å². The number of thioether (sulfide) groups is 1. The zero-order valence-electron chi connectivity index (χ0n) is 19.3. The number of amides is 2. The average molecular weight is 535 g/mol. The third-order valence-electron chi connectivity index (χ3n) is 6.54. The van der Waals surface area contributed by atoms with E-state index in [9.17, 15) is 22.8 Å². The van der Waals surface area contributed by atoms with Crippen LogP contribution in [-0.2, 0) is 17.5 Å². The maximum atomic E-state index is 13.5. The smallest absolute Gasteiger partial charge is 0.301 e. The molecule has 0 N–H and O–H groups in total. The molecule has 2 aromatic carbocycles. The molecule has 2 amide bonds. The Balaban J connectivity index is 1.38. The van der Waals surface area contributed by atoms with E-state index in [0.29, 0.717) is 27.9 Å². The Morgan fingerprint density at radius 2 is 2.00 bits per heavy atom. The summed E-state index contributed by atoms with van der Waals surface area (Å²) in [7, 11) is 0. The molecule has 11 heteroatoms. The number of nitrogens with zero attached hydrogens (tertiary/aromatic N) is 4. The van der Waals surface area contributed by atoms with Gasteiger partial charge in [-0.2, -0.15) is 18.3 Å². The molecule has 0 unspecified atom stereocenters. The summed E-state index contributed by atoms with van der Waals surface area (Å²) in [5, 5.41) is 4.74. The van der Waals surface area contributed by atoms with Gasteiger partial charge >= 0.3 is 6.18 Å². The van der Waals surface area contributed by atoms with E-state index >= 15 is 0 Å². The van der Waals surface area contributed by atoms with Crippen LogP contribution in [0.2, 0.25) is 5.02 Å². The van der Waals surface area contributed by atoms with E-state index in [1.54, 1.807) is 30.5 Å². The summed E-state index contributed by atoms with van der Waals surface area (Å²) in [5.74, 6) is -0.286. The molecular formula is C25H22ClF3N4O2S. The predicted octanol–water partition coefficient (Wildman–Crippen LogP) is 5.89. The largest absolute Gasteiger partial charge is 0.416 e. The van der Waals surface area contributed by atoms with Gasteiger partial charge in [-0.25, -0.2) is 0 Å². The zero-order chi connectivity index (χ0) is 25.6. The normalized spacial score (nSPS) is 20.4. The standard InChI is InChI=1S/C25H22ClF3N4O2S/c1-2-31-8-7-19(14-31)33-23(34)22(36-24(33)35)10-15-3-6-21-17(9-15)12-30-32(21)13-16-4-5-18(26)11-20(16)25(27,28)29/h3-6,9-12,19H,2,7-8,13-14H2,1H3/t19-/m0/s1. The highest BCUT2D eigenvalue weighted by Crippen LogP contribution is 2.37. The molecule has 2 fully saturated rings. The van der Waals surface area contributed by atoms with Gasteiger partial charge in [-0.1, -0.05) is 30.7 Å². The number of benzene rings is 2. The second kappa shape index (κ2) is 9.57. The molecule has 2 aliphatic heterocycles. The van der Waals surface area contributed by atoms with Crippen LogP contribution >= 0.6 is 23.4 Å². The van der Waals surface area contributed by atoms with Crippen LogP contribution in [-0.4, -0.2) is 56.4 Å². The number of hydrogen-bond acceptors (Lipinski definition) is 5. The zero-order valence-corrected chi connectivity index (χ0v) is 20.8. The molecule has 0 saturated carbocycles. The van der Waals surface area contributed by atoms with Crippen molar-refractivity contribution in [2.45, 2.75) is 32.1 Å². The third kappa shape index (κ3) is 4.77. The minimum Gasteiger partial charge on any atom is -0.301 e. The number of aromatic nitrogens is 2. The summed E-state index contributed by atoms with van der Waals surface area (Å²) in [5.41, 5.74) is 0.615. The highest BCUT2D eigenvalue weighted by Gasteiger charge is 2.42. The molecule has 6 nitrogen and oxygen atoms in total. The van der Waals surface area contributed by atoms with Crippen molar-refractivity contribution < 1.29 is 22.8 Å². The van der Waals surface area contributed by atoms with Gasteiger partial charge in [0.2, 0.25) is 0 Å². The number of likely N-dealkylation sites (tertiary alicyclic amines) is 1. The molecule has 5 rings (SSSR count). The van der Waals surface area contributed by atoms with E-state index in [2.05, 4.69) is 16.9 Å². The lowest BCUT2D eigenvalue weighted by atomic mass is 10.1. The summed E-state index contributed by atoms with van der Waals surface area (Å²) in [6, 6.07) is 8.89. The minimum atomic E-state index is -4.54. The summed E-state index contributed by atoms with van der Waals surface area (Å²) in [6.45, 7) is 4.41. The van der Waals surface area contributed by atoms with Crippen LogP contribution in [0.4, 0.5) is 18.0 Å². The first-order valence-corrected chi connectivity index (χ1v) is 12.6. The van der Waals surface area contributed by atoms with Crippen molar-refractivity contribution in [3.8, 4) is 0 Å². The summed E-state index contributed by atoms with van der Waals surface area (Å²) in [4.78, 5) is 29.5. The van der Waals surface area contributed by atoms with E-state index in [4.69, 9.17) is 11.6 Å². The van der Waals surface area contributed by atoms with Gasteiger partial charge in [0.1, 0.15) is 0 Å². The molecule has 0 bridgehead atoms. The number of carbonyl (C=O) groups excluding carboxylic acids is 2. The van der Waals surface area contributed by atoms with Crippen LogP contribution in [0.3, 0.4) is 0 Å². The summed E-state index contributed by atoms with van der Waals surface area (Å²) in [6.07, 6.45) is -0.519. The topological polar surface area (TPSA) is 58.4 Å². The Morgan fingerprint density at radius 3 is 2.72 bits per heavy atom. The maximum absolute atomic E-state index is 13.5. The fourth-order valence-corrected chi connectivity index (χ4v) is 5.76. The number of likely N-dealkylation sites (N-methyl/N-ethyl adjacent to an activating group) is 1. The first kappa shape index (κ1) is 24.9.